The van der Waals surface area contributed by atoms with Crippen molar-refractivity contribution in [2.24, 2.45) is 20.0 Å². The van der Waals surface area contributed by atoms with Crippen LogP contribution in [0.3, 0.4) is 0 Å². The van der Waals surface area contributed by atoms with E-state index in [4.69, 9.17) is 4.74 Å². The van der Waals surface area contributed by atoms with Crippen LogP contribution >= 0.6 is 0 Å². The van der Waals surface area contributed by atoms with Gasteiger partial charge >= 0.3 is 5.69 Å². The van der Waals surface area contributed by atoms with Gasteiger partial charge in [0.15, 0.2) is 0 Å². The number of aryl methyl sites for hydroxylation is 1. The van der Waals surface area contributed by atoms with Crippen molar-refractivity contribution < 1.29 is 9.53 Å². The van der Waals surface area contributed by atoms with Gasteiger partial charge in [-0.05, 0) is 19.8 Å². The van der Waals surface area contributed by atoms with Crippen LogP contribution in [0, 0.1) is 5.92 Å². The smallest absolute Gasteiger partial charge is 0.330 e. The molecule has 1 amide bonds. The minimum absolute atomic E-state index is 0.109. The summed E-state index contributed by atoms with van der Waals surface area (Å²) in [5, 5.41) is 2.61. The second kappa shape index (κ2) is 5.62. The Hall–Kier alpha value is -1.89. The molecule has 110 valence electrons. The maximum Gasteiger partial charge on any atom is 0.330 e. The van der Waals surface area contributed by atoms with Crippen LogP contribution in [0.2, 0.25) is 0 Å². The number of rotatable bonds is 2. The maximum atomic E-state index is 12.2. The van der Waals surface area contributed by atoms with Crippen LogP contribution < -0.4 is 16.6 Å². The number of hydrogen-bond donors (Lipinski definition) is 1. The van der Waals surface area contributed by atoms with E-state index in [2.05, 4.69) is 5.32 Å². The number of amides is 1. The summed E-state index contributed by atoms with van der Waals surface area (Å²) in [5.41, 5.74) is -0.828. The average molecular weight is 281 g/mol. The lowest BCUT2D eigenvalue weighted by Crippen LogP contribution is -2.41. The zero-order chi connectivity index (χ0) is 14.9. The lowest BCUT2D eigenvalue weighted by Gasteiger charge is -2.27. The van der Waals surface area contributed by atoms with Crippen molar-refractivity contribution in [3.05, 3.63) is 27.0 Å². The van der Waals surface area contributed by atoms with Crippen molar-refractivity contribution in [2.45, 2.75) is 25.9 Å². The molecule has 0 spiro atoms. The number of aromatic nitrogens is 2. The molecule has 1 N–H and O–H groups in total. The van der Waals surface area contributed by atoms with Crippen LogP contribution in [0.15, 0.2) is 15.8 Å². The summed E-state index contributed by atoms with van der Waals surface area (Å²) in [6.45, 7) is 2.51. The largest absolute Gasteiger partial charge is 0.378 e. The SMILES string of the molecule is CC1OCCCC1C(=O)Nc1cn(C)c(=O)n(C)c1=O. The Bertz CT molecular complexity index is 631. The van der Waals surface area contributed by atoms with Gasteiger partial charge in [-0.15, -0.1) is 0 Å². The summed E-state index contributed by atoms with van der Waals surface area (Å²) in [7, 11) is 2.91. The summed E-state index contributed by atoms with van der Waals surface area (Å²) in [6.07, 6.45) is 2.74. The number of anilines is 1. The molecule has 1 saturated heterocycles. The first kappa shape index (κ1) is 14.5. The van der Waals surface area contributed by atoms with Gasteiger partial charge in [-0.25, -0.2) is 4.79 Å². The van der Waals surface area contributed by atoms with E-state index in [1.54, 1.807) is 0 Å². The monoisotopic (exact) mass is 281 g/mol. The van der Waals surface area contributed by atoms with Crippen molar-refractivity contribution >= 4 is 11.6 Å². The van der Waals surface area contributed by atoms with Gasteiger partial charge in [-0.2, -0.15) is 0 Å². The molecule has 1 aromatic heterocycles. The van der Waals surface area contributed by atoms with E-state index in [0.29, 0.717) is 6.61 Å². The number of hydrogen-bond acceptors (Lipinski definition) is 4. The molecular weight excluding hydrogens is 262 g/mol. The molecular formula is C13H19N3O4. The molecule has 0 aliphatic carbocycles. The van der Waals surface area contributed by atoms with E-state index < -0.39 is 11.2 Å². The average Bonchev–Trinajstić information content (AvgIpc) is 2.42. The molecule has 0 saturated carbocycles. The Balaban J connectivity index is 2.24. The van der Waals surface area contributed by atoms with Crippen LogP contribution in [0.25, 0.3) is 0 Å². The van der Waals surface area contributed by atoms with Crippen molar-refractivity contribution in [3.63, 3.8) is 0 Å². The molecule has 1 aromatic rings. The van der Waals surface area contributed by atoms with Gasteiger partial charge in [-0.1, -0.05) is 0 Å². The van der Waals surface area contributed by atoms with Gasteiger partial charge < -0.3 is 14.6 Å². The van der Waals surface area contributed by atoms with Crippen molar-refractivity contribution in [1.82, 2.24) is 9.13 Å². The molecule has 20 heavy (non-hydrogen) atoms. The zero-order valence-electron chi connectivity index (χ0n) is 11.9. The molecule has 1 fully saturated rings. The molecule has 7 heteroatoms. The van der Waals surface area contributed by atoms with Crippen LogP contribution in [0.5, 0.6) is 0 Å². The molecule has 1 aliphatic heterocycles. The van der Waals surface area contributed by atoms with Crippen molar-refractivity contribution in [1.29, 1.82) is 0 Å². The Kier molecular flexibility index (Phi) is 4.08. The first-order chi connectivity index (χ1) is 9.41. The predicted molar refractivity (Wildman–Crippen MR) is 73.7 cm³/mol. The highest BCUT2D eigenvalue weighted by Gasteiger charge is 2.29. The molecule has 0 radical (unpaired) electrons. The number of carbonyl (C=O) groups excluding carboxylic acids is 1. The van der Waals surface area contributed by atoms with Crippen LogP contribution in [-0.4, -0.2) is 27.8 Å². The van der Waals surface area contributed by atoms with Crippen LogP contribution in [0.1, 0.15) is 19.8 Å². The van der Waals surface area contributed by atoms with Gasteiger partial charge in [0.25, 0.3) is 5.56 Å². The molecule has 2 heterocycles. The van der Waals surface area contributed by atoms with Crippen molar-refractivity contribution in [3.8, 4) is 0 Å². The zero-order valence-corrected chi connectivity index (χ0v) is 11.9. The van der Waals surface area contributed by atoms with Gasteiger partial charge in [-0.3, -0.25) is 14.2 Å². The van der Waals surface area contributed by atoms with Crippen LogP contribution in [-0.2, 0) is 23.6 Å². The first-order valence-electron chi connectivity index (χ1n) is 6.61. The van der Waals surface area contributed by atoms with E-state index in [-0.39, 0.29) is 23.6 Å². The molecule has 2 atom stereocenters. The fourth-order valence-electron chi connectivity index (χ4n) is 2.39. The van der Waals surface area contributed by atoms with Gasteiger partial charge in [0.05, 0.1) is 12.0 Å². The summed E-state index contributed by atoms with van der Waals surface area (Å²) in [5.74, 6) is -0.515. The second-order valence-electron chi connectivity index (χ2n) is 5.11. The molecule has 2 unspecified atom stereocenters. The third-order valence-corrected chi connectivity index (χ3v) is 3.65. The minimum Gasteiger partial charge on any atom is -0.378 e. The van der Waals surface area contributed by atoms with E-state index in [9.17, 15) is 14.4 Å². The minimum atomic E-state index is -0.508. The third-order valence-electron chi connectivity index (χ3n) is 3.65. The van der Waals surface area contributed by atoms with Crippen molar-refractivity contribution in [2.75, 3.05) is 11.9 Å². The fourth-order valence-corrected chi connectivity index (χ4v) is 2.39. The van der Waals surface area contributed by atoms with E-state index in [1.165, 1.54) is 24.9 Å². The second-order valence-corrected chi connectivity index (χ2v) is 5.11. The lowest BCUT2D eigenvalue weighted by atomic mass is 9.94. The standard InChI is InChI=1S/C13H19N3O4/c1-8-9(5-4-6-20-8)11(17)14-10-7-15(2)13(19)16(3)12(10)18/h7-9H,4-6H2,1-3H3,(H,14,17). The summed E-state index contributed by atoms with van der Waals surface area (Å²) < 4.78 is 7.68. The Labute approximate surface area is 116 Å². The van der Waals surface area contributed by atoms with Crippen LogP contribution in [0.4, 0.5) is 5.69 Å². The normalized spacial score (nSPS) is 22.6. The first-order valence-corrected chi connectivity index (χ1v) is 6.61. The molecule has 2 rings (SSSR count). The Morgan fingerprint density at radius 2 is 2.10 bits per heavy atom. The van der Waals surface area contributed by atoms with Gasteiger partial charge in [0, 0.05) is 26.9 Å². The Morgan fingerprint density at radius 1 is 1.40 bits per heavy atom. The highest BCUT2D eigenvalue weighted by Crippen LogP contribution is 2.21. The summed E-state index contributed by atoms with van der Waals surface area (Å²) >= 11 is 0. The number of nitrogens with zero attached hydrogens (tertiary/aromatic N) is 2. The van der Waals surface area contributed by atoms with E-state index in [1.807, 2.05) is 6.92 Å². The molecule has 1 aliphatic rings. The summed E-state index contributed by atoms with van der Waals surface area (Å²) in [6, 6.07) is 0. The van der Waals surface area contributed by atoms with Gasteiger partial charge in [0.1, 0.15) is 5.69 Å². The third kappa shape index (κ3) is 2.67. The highest BCUT2D eigenvalue weighted by atomic mass is 16.5. The predicted octanol–water partition coefficient (Wildman–Crippen LogP) is -0.162. The molecule has 0 bridgehead atoms. The Morgan fingerprint density at radius 3 is 2.75 bits per heavy atom. The van der Waals surface area contributed by atoms with Gasteiger partial charge in [0.2, 0.25) is 5.91 Å². The molecule has 0 aromatic carbocycles. The van der Waals surface area contributed by atoms with E-state index in [0.717, 1.165) is 17.4 Å². The maximum absolute atomic E-state index is 12.2. The fraction of sp³-hybridized carbons (Fsp3) is 0.615. The highest BCUT2D eigenvalue weighted by molar-refractivity contribution is 5.92. The number of nitrogens with one attached hydrogen (secondary N) is 1. The van der Waals surface area contributed by atoms with E-state index >= 15 is 0 Å². The number of carbonyl (C=O) groups is 1. The lowest BCUT2D eigenvalue weighted by molar-refractivity contribution is -0.127. The quantitative estimate of drug-likeness (QED) is 0.816. The topological polar surface area (TPSA) is 82.3 Å². The number of ether oxygens (including phenoxy) is 1. The molecule has 7 nitrogen and oxygen atoms in total. The summed E-state index contributed by atoms with van der Waals surface area (Å²) in [4.78, 5) is 35.7.